The SMILES string of the molecule is C#Cc1c(F)ccc2cc(O)cc(-c3ncc4c(N5CCOC[C@@](C)(O)C5)nc(OC[C@]56CCC[C@H]5N(CC5CC(O)(C(F)(F)F)C5)CCC6)nc4c3F)c12. The Morgan fingerprint density at radius 1 is 1.09 bits per heavy atom. The van der Waals surface area contributed by atoms with Crippen LogP contribution in [0.3, 0.4) is 0 Å². The van der Waals surface area contributed by atoms with E-state index in [0.29, 0.717) is 18.5 Å². The second-order valence-corrected chi connectivity index (χ2v) is 16.1. The van der Waals surface area contributed by atoms with Crippen molar-refractivity contribution in [2.45, 2.75) is 75.3 Å². The number of β-amino-alcohol motifs (C(OH)–C–C–N with tert-alkyl or cyclic N) is 1. The number of hydrogen-bond acceptors (Lipinski definition) is 10. The molecule has 15 heteroatoms. The molecular formula is C40H42F5N5O5. The van der Waals surface area contributed by atoms with E-state index in [2.05, 4.69) is 20.8 Å². The van der Waals surface area contributed by atoms with Crippen LogP contribution in [-0.4, -0.2) is 105 Å². The van der Waals surface area contributed by atoms with Crippen LogP contribution in [0.5, 0.6) is 11.8 Å². The van der Waals surface area contributed by atoms with Crippen LogP contribution in [-0.2, 0) is 4.74 Å². The van der Waals surface area contributed by atoms with E-state index in [9.17, 15) is 32.9 Å². The minimum absolute atomic E-state index is 0.0379. The quantitative estimate of drug-likeness (QED) is 0.150. The van der Waals surface area contributed by atoms with Crippen molar-refractivity contribution in [2.75, 3.05) is 50.9 Å². The van der Waals surface area contributed by atoms with Gasteiger partial charge in [-0.2, -0.15) is 23.1 Å². The molecule has 3 atom stereocenters. The first-order valence-electron chi connectivity index (χ1n) is 18.6. The van der Waals surface area contributed by atoms with Crippen LogP contribution < -0.4 is 9.64 Å². The smallest absolute Gasteiger partial charge is 0.417 e. The summed E-state index contributed by atoms with van der Waals surface area (Å²) in [5.74, 6) is 0.536. The lowest BCUT2D eigenvalue weighted by molar-refractivity contribution is -0.300. The summed E-state index contributed by atoms with van der Waals surface area (Å²) in [7, 11) is 0. The van der Waals surface area contributed by atoms with Gasteiger partial charge < -0.3 is 29.7 Å². The van der Waals surface area contributed by atoms with Gasteiger partial charge >= 0.3 is 12.2 Å². The van der Waals surface area contributed by atoms with E-state index in [0.717, 1.165) is 38.6 Å². The highest BCUT2D eigenvalue weighted by atomic mass is 19.4. The van der Waals surface area contributed by atoms with Gasteiger partial charge in [-0.15, -0.1) is 6.42 Å². The minimum atomic E-state index is -4.65. The number of terminal acetylenes is 1. The number of rotatable bonds is 7. The third-order valence-electron chi connectivity index (χ3n) is 12.0. The van der Waals surface area contributed by atoms with Crippen molar-refractivity contribution >= 4 is 27.5 Å². The fourth-order valence-corrected chi connectivity index (χ4v) is 9.48. The summed E-state index contributed by atoms with van der Waals surface area (Å²) in [5.41, 5.74) is -4.69. The minimum Gasteiger partial charge on any atom is -0.508 e. The van der Waals surface area contributed by atoms with Crippen LogP contribution in [0.4, 0.5) is 27.8 Å². The van der Waals surface area contributed by atoms with E-state index in [4.69, 9.17) is 20.9 Å². The van der Waals surface area contributed by atoms with Crippen molar-refractivity contribution < 1.29 is 46.7 Å². The molecule has 3 N–H and O–H groups in total. The molecule has 0 unspecified atom stereocenters. The number of hydrogen-bond donors (Lipinski definition) is 3. The van der Waals surface area contributed by atoms with E-state index in [1.165, 1.54) is 30.5 Å². The van der Waals surface area contributed by atoms with Gasteiger partial charge in [-0.1, -0.05) is 18.4 Å². The summed E-state index contributed by atoms with van der Waals surface area (Å²) in [6, 6.07) is 5.19. The maximum atomic E-state index is 17.0. The molecule has 0 radical (unpaired) electrons. The number of aromatic hydroxyl groups is 1. The lowest BCUT2D eigenvalue weighted by Gasteiger charge is -2.51. The molecule has 8 rings (SSSR count). The Balaban J connectivity index is 1.16. The van der Waals surface area contributed by atoms with Gasteiger partial charge in [0.25, 0.3) is 0 Å². The number of anilines is 1. The second-order valence-electron chi connectivity index (χ2n) is 16.1. The monoisotopic (exact) mass is 767 g/mol. The first-order valence-corrected chi connectivity index (χ1v) is 18.6. The number of aromatic nitrogens is 3. The number of benzene rings is 2. The van der Waals surface area contributed by atoms with Crippen LogP contribution in [0.2, 0.25) is 0 Å². The summed E-state index contributed by atoms with van der Waals surface area (Å²) >= 11 is 0. The van der Waals surface area contributed by atoms with Gasteiger partial charge in [-0.25, -0.2) is 8.78 Å². The average molecular weight is 768 g/mol. The van der Waals surface area contributed by atoms with Gasteiger partial charge in [0.1, 0.15) is 34.2 Å². The van der Waals surface area contributed by atoms with Crippen LogP contribution in [0.1, 0.15) is 57.4 Å². The molecule has 2 aromatic carbocycles. The van der Waals surface area contributed by atoms with E-state index in [1.807, 2.05) is 0 Å². The zero-order valence-electron chi connectivity index (χ0n) is 30.3. The molecule has 2 aliphatic carbocycles. The first-order chi connectivity index (χ1) is 26.1. The Morgan fingerprint density at radius 2 is 1.87 bits per heavy atom. The van der Waals surface area contributed by atoms with Gasteiger partial charge in [-0.05, 0) is 81.5 Å². The van der Waals surface area contributed by atoms with Crippen LogP contribution >= 0.6 is 0 Å². The highest BCUT2D eigenvalue weighted by molar-refractivity contribution is 6.03. The highest BCUT2D eigenvalue weighted by Crippen LogP contribution is 2.52. The van der Waals surface area contributed by atoms with Gasteiger partial charge in [0, 0.05) is 41.7 Å². The van der Waals surface area contributed by atoms with Crippen molar-refractivity contribution in [2.24, 2.45) is 11.3 Å². The molecule has 4 fully saturated rings. The number of fused-ring (bicyclic) bond motifs is 3. The number of phenolic OH excluding ortho intramolecular Hbond substituents is 1. The maximum Gasteiger partial charge on any atom is 0.417 e. The Labute approximate surface area is 314 Å². The van der Waals surface area contributed by atoms with Crippen LogP contribution in [0.15, 0.2) is 30.5 Å². The fraction of sp³-hybridized carbons (Fsp3) is 0.525. The van der Waals surface area contributed by atoms with Gasteiger partial charge in [0.15, 0.2) is 11.4 Å². The number of aliphatic hydroxyl groups is 2. The number of ether oxygens (including phenoxy) is 2. The molecule has 4 aromatic rings. The molecule has 292 valence electrons. The average Bonchev–Trinajstić information content (AvgIpc) is 3.47. The molecule has 2 aromatic heterocycles. The molecule has 4 aliphatic rings. The second kappa shape index (κ2) is 13.7. The zero-order valence-corrected chi connectivity index (χ0v) is 30.3. The van der Waals surface area contributed by atoms with Crippen molar-refractivity contribution in [1.82, 2.24) is 19.9 Å². The summed E-state index contributed by atoms with van der Waals surface area (Å²) < 4.78 is 84.1. The maximum absolute atomic E-state index is 17.0. The molecule has 10 nitrogen and oxygen atoms in total. The lowest BCUT2D eigenvalue weighted by Crippen LogP contribution is -2.59. The number of pyridine rings is 1. The van der Waals surface area contributed by atoms with E-state index >= 15 is 4.39 Å². The first kappa shape index (κ1) is 37.6. The number of piperidine rings is 1. The molecule has 2 saturated carbocycles. The van der Waals surface area contributed by atoms with Crippen molar-refractivity contribution in [1.29, 1.82) is 0 Å². The molecule has 0 bridgehead atoms. The predicted octanol–water partition coefficient (Wildman–Crippen LogP) is 6.11. The standard InChI is InChI=1S/C40H42F5N5O5/c1-3-26-29(41)8-7-24-14-25(51)15-27(31(24)26)33-32(42)34-28(18-46-33)35(50-12-13-54-21-37(2,52)20-50)48-36(47-34)55-22-38-9-4-6-30(38)49(11-5-10-38)19-23-16-39(53,17-23)40(43,44)45/h1,7-8,14-15,18,23,30,51-53H,4-6,9-13,16-17,19-22H2,2H3/t23?,30-,37+,38-,39?/m1/s1. The molecule has 0 amide bonds. The van der Waals surface area contributed by atoms with E-state index in [-0.39, 0.29) is 107 Å². The van der Waals surface area contributed by atoms with Crippen LogP contribution in [0.25, 0.3) is 32.9 Å². The highest BCUT2D eigenvalue weighted by Gasteiger charge is 2.61. The molecule has 4 heterocycles. The number of phenols is 1. The zero-order chi connectivity index (χ0) is 38.9. The number of halogens is 5. The summed E-state index contributed by atoms with van der Waals surface area (Å²) in [6.45, 7) is 3.71. The van der Waals surface area contributed by atoms with Gasteiger partial charge in [-0.3, -0.25) is 9.88 Å². The van der Waals surface area contributed by atoms with Crippen molar-refractivity contribution in [3.63, 3.8) is 0 Å². The van der Waals surface area contributed by atoms with Crippen LogP contribution in [0, 0.1) is 35.3 Å². The molecular weight excluding hydrogens is 725 g/mol. The molecule has 55 heavy (non-hydrogen) atoms. The lowest BCUT2D eigenvalue weighted by atomic mass is 9.69. The molecule has 2 saturated heterocycles. The molecule has 2 aliphatic heterocycles. The Hall–Kier alpha value is -4.36. The number of nitrogens with zero attached hydrogens (tertiary/aromatic N) is 5. The summed E-state index contributed by atoms with van der Waals surface area (Å²) in [5, 5.41) is 32.5. The van der Waals surface area contributed by atoms with E-state index in [1.54, 1.807) is 11.8 Å². The Kier molecular flexibility index (Phi) is 9.34. The fourth-order valence-electron chi connectivity index (χ4n) is 9.48. The summed E-state index contributed by atoms with van der Waals surface area (Å²) in [6.07, 6.45) is 5.99. The van der Waals surface area contributed by atoms with Gasteiger partial charge in [0.05, 0.1) is 37.3 Å². The summed E-state index contributed by atoms with van der Waals surface area (Å²) in [4.78, 5) is 17.8. The van der Waals surface area contributed by atoms with Crippen molar-refractivity contribution in [3.05, 3.63) is 47.7 Å². The third-order valence-corrected chi connectivity index (χ3v) is 12.0. The predicted molar refractivity (Wildman–Crippen MR) is 194 cm³/mol. The number of alkyl halides is 3. The Morgan fingerprint density at radius 3 is 2.64 bits per heavy atom. The number of likely N-dealkylation sites (tertiary alicyclic amines) is 1. The van der Waals surface area contributed by atoms with E-state index < -0.39 is 29.0 Å². The van der Waals surface area contributed by atoms with Gasteiger partial charge in [0.2, 0.25) is 0 Å². The van der Waals surface area contributed by atoms with Crippen molar-refractivity contribution in [3.8, 4) is 35.4 Å². The Bertz CT molecular complexity index is 2190. The largest absolute Gasteiger partial charge is 0.508 e. The normalized spacial score (nSPS) is 28.8. The third kappa shape index (κ3) is 6.70. The molecule has 0 spiro atoms. The topological polar surface area (TPSA) is 124 Å².